The predicted molar refractivity (Wildman–Crippen MR) is 114 cm³/mol. The lowest BCUT2D eigenvalue weighted by Gasteiger charge is -2.20. The lowest BCUT2D eigenvalue weighted by atomic mass is 9.86. The molecule has 156 valence electrons. The molecule has 0 saturated carbocycles. The molecule has 0 aliphatic heterocycles. The molecule has 7 heteroatoms. The van der Waals surface area contributed by atoms with E-state index >= 15 is 0 Å². The fourth-order valence-electron chi connectivity index (χ4n) is 3.33. The molecule has 0 atom stereocenters. The summed E-state index contributed by atoms with van der Waals surface area (Å²) in [5.74, 6) is -0.379. The molecule has 1 aromatic carbocycles. The van der Waals surface area contributed by atoms with Crippen molar-refractivity contribution in [3.63, 3.8) is 0 Å². The smallest absolute Gasteiger partial charge is 0.228 e. The van der Waals surface area contributed by atoms with Crippen LogP contribution >= 0.6 is 0 Å². The van der Waals surface area contributed by atoms with E-state index in [9.17, 15) is 9.59 Å². The fraction of sp³-hybridized carbons (Fsp3) is 0.208. The number of allylic oxidation sites excluding steroid dienone is 4. The molecule has 7 nitrogen and oxygen atoms in total. The number of carbonyl (C=O) groups is 2. The highest BCUT2D eigenvalue weighted by Gasteiger charge is 2.32. The number of benzene rings is 1. The van der Waals surface area contributed by atoms with Crippen molar-refractivity contribution in [2.24, 2.45) is 0 Å². The maximum absolute atomic E-state index is 13.1. The standard InChI is InChI=1S/C24H22N4O3/c1-16(2)10-11-21-22(29)19-8-3-4-9-20(19)23(30)24(21)31-15-18-14-28(27-26-18)13-17-7-5-6-12-25-17/h3-10,12,14H,11,13,15H2,1-2H3. The number of pyridine rings is 1. The van der Waals surface area contributed by atoms with Crippen molar-refractivity contribution in [1.29, 1.82) is 0 Å². The van der Waals surface area contributed by atoms with E-state index in [4.69, 9.17) is 4.74 Å². The number of Topliss-reactive ketones (excluding diaryl/α,β-unsaturated/α-hetero) is 2. The van der Waals surface area contributed by atoms with E-state index in [-0.39, 0.29) is 23.9 Å². The van der Waals surface area contributed by atoms with Crippen molar-refractivity contribution in [3.8, 4) is 0 Å². The molecule has 31 heavy (non-hydrogen) atoms. The Kier molecular flexibility index (Phi) is 5.84. The van der Waals surface area contributed by atoms with E-state index in [1.807, 2.05) is 38.1 Å². The van der Waals surface area contributed by atoms with Gasteiger partial charge >= 0.3 is 0 Å². The summed E-state index contributed by atoms with van der Waals surface area (Å²) >= 11 is 0. The van der Waals surface area contributed by atoms with Crippen molar-refractivity contribution >= 4 is 11.6 Å². The predicted octanol–water partition coefficient (Wildman–Crippen LogP) is 3.93. The van der Waals surface area contributed by atoms with Gasteiger partial charge in [0.05, 0.1) is 24.0 Å². The highest BCUT2D eigenvalue weighted by molar-refractivity contribution is 6.26. The second-order valence-corrected chi connectivity index (χ2v) is 7.51. The Bertz CT molecular complexity index is 1190. The number of carbonyl (C=O) groups excluding carboxylic acids is 2. The number of aromatic nitrogens is 4. The molecule has 1 aliphatic carbocycles. The number of ether oxygens (including phenoxy) is 1. The first-order valence-electron chi connectivity index (χ1n) is 9.99. The Morgan fingerprint density at radius 3 is 2.45 bits per heavy atom. The van der Waals surface area contributed by atoms with Crippen molar-refractivity contribution in [1.82, 2.24) is 20.0 Å². The van der Waals surface area contributed by atoms with Crippen LogP contribution in [0.5, 0.6) is 0 Å². The summed E-state index contributed by atoms with van der Waals surface area (Å²) in [4.78, 5) is 30.4. The van der Waals surface area contributed by atoms with Gasteiger partial charge in [0.15, 0.2) is 11.5 Å². The Hall–Kier alpha value is -3.87. The minimum atomic E-state index is -0.284. The first-order valence-corrected chi connectivity index (χ1v) is 9.99. The third kappa shape index (κ3) is 4.50. The zero-order chi connectivity index (χ0) is 21.8. The number of hydrogen-bond donors (Lipinski definition) is 0. The fourth-order valence-corrected chi connectivity index (χ4v) is 3.33. The molecule has 0 radical (unpaired) electrons. The Labute approximate surface area is 180 Å². The maximum Gasteiger partial charge on any atom is 0.228 e. The molecule has 4 rings (SSSR count). The highest BCUT2D eigenvalue weighted by atomic mass is 16.5. The van der Waals surface area contributed by atoms with Crippen LogP contribution in [-0.2, 0) is 17.9 Å². The van der Waals surface area contributed by atoms with E-state index in [0.717, 1.165) is 11.3 Å². The Morgan fingerprint density at radius 1 is 1.00 bits per heavy atom. The topological polar surface area (TPSA) is 87.0 Å². The maximum atomic E-state index is 13.1. The van der Waals surface area contributed by atoms with Crippen LogP contribution in [0, 0.1) is 0 Å². The number of fused-ring (bicyclic) bond motifs is 1. The minimum Gasteiger partial charge on any atom is -0.483 e. The summed E-state index contributed by atoms with van der Waals surface area (Å²) in [6.45, 7) is 4.42. The van der Waals surface area contributed by atoms with E-state index in [2.05, 4.69) is 15.3 Å². The lowest BCUT2D eigenvalue weighted by Crippen LogP contribution is -2.23. The Balaban J connectivity index is 1.56. The summed E-state index contributed by atoms with van der Waals surface area (Å²) < 4.78 is 7.52. The minimum absolute atomic E-state index is 0.0387. The molecule has 3 aromatic rings. The van der Waals surface area contributed by atoms with E-state index in [0.29, 0.717) is 35.4 Å². The molecule has 0 N–H and O–H groups in total. The molecule has 0 spiro atoms. The zero-order valence-corrected chi connectivity index (χ0v) is 17.4. The molecule has 1 aliphatic rings. The first kappa shape index (κ1) is 20.4. The Morgan fingerprint density at radius 2 is 1.74 bits per heavy atom. The van der Waals surface area contributed by atoms with Gasteiger partial charge in [-0.05, 0) is 32.4 Å². The monoisotopic (exact) mass is 414 g/mol. The molecular formula is C24H22N4O3. The van der Waals surface area contributed by atoms with Gasteiger partial charge < -0.3 is 4.74 Å². The van der Waals surface area contributed by atoms with Crippen LogP contribution in [0.2, 0.25) is 0 Å². The van der Waals surface area contributed by atoms with Crippen molar-refractivity contribution < 1.29 is 14.3 Å². The second kappa shape index (κ2) is 8.87. The van der Waals surface area contributed by atoms with Crippen LogP contribution in [0.3, 0.4) is 0 Å². The average molecular weight is 414 g/mol. The zero-order valence-electron chi connectivity index (χ0n) is 17.4. The van der Waals surface area contributed by atoms with Gasteiger partial charge in [-0.1, -0.05) is 47.2 Å². The highest BCUT2D eigenvalue weighted by Crippen LogP contribution is 2.29. The number of rotatable bonds is 7. The molecule has 0 bridgehead atoms. The molecule has 0 amide bonds. The van der Waals surface area contributed by atoms with Gasteiger partial charge in [0.1, 0.15) is 12.3 Å². The lowest BCUT2D eigenvalue weighted by molar-refractivity contribution is 0.0854. The molecule has 2 aromatic heterocycles. The molecular weight excluding hydrogens is 392 g/mol. The van der Waals surface area contributed by atoms with Gasteiger partial charge in [-0.25, -0.2) is 4.68 Å². The second-order valence-electron chi connectivity index (χ2n) is 7.51. The summed E-state index contributed by atoms with van der Waals surface area (Å²) in [6, 6.07) is 12.5. The van der Waals surface area contributed by atoms with Crippen LogP contribution in [0.15, 0.2) is 77.8 Å². The molecule has 2 heterocycles. The van der Waals surface area contributed by atoms with Gasteiger partial charge in [0.25, 0.3) is 0 Å². The van der Waals surface area contributed by atoms with Gasteiger partial charge in [-0.2, -0.15) is 0 Å². The number of ketones is 2. The molecule has 0 unspecified atom stereocenters. The van der Waals surface area contributed by atoms with E-state index in [1.165, 1.54) is 0 Å². The first-order chi connectivity index (χ1) is 15.0. The van der Waals surface area contributed by atoms with Crippen molar-refractivity contribution in [3.05, 3.63) is 100 Å². The molecule has 0 saturated heterocycles. The van der Waals surface area contributed by atoms with Crippen molar-refractivity contribution in [2.45, 2.75) is 33.4 Å². The van der Waals surface area contributed by atoms with Crippen molar-refractivity contribution in [2.75, 3.05) is 0 Å². The van der Waals surface area contributed by atoms with Gasteiger partial charge in [-0.15, -0.1) is 5.10 Å². The summed E-state index contributed by atoms with van der Waals surface area (Å²) in [7, 11) is 0. The van der Waals surface area contributed by atoms with E-state index in [1.54, 1.807) is 41.3 Å². The summed E-state index contributed by atoms with van der Waals surface area (Å²) in [5.41, 5.74) is 3.62. The third-order valence-corrected chi connectivity index (χ3v) is 4.89. The van der Waals surface area contributed by atoms with E-state index < -0.39 is 0 Å². The summed E-state index contributed by atoms with van der Waals surface area (Å²) in [6.07, 6.45) is 5.72. The number of hydrogen-bond acceptors (Lipinski definition) is 6. The largest absolute Gasteiger partial charge is 0.483 e. The quantitative estimate of drug-likeness (QED) is 0.545. The average Bonchev–Trinajstić information content (AvgIpc) is 3.22. The van der Waals surface area contributed by atoms with Crippen LogP contribution in [0.1, 0.15) is 52.4 Å². The van der Waals surface area contributed by atoms with Gasteiger partial charge in [-0.3, -0.25) is 14.6 Å². The van der Waals surface area contributed by atoms with Gasteiger partial charge in [0.2, 0.25) is 5.78 Å². The van der Waals surface area contributed by atoms with Crippen LogP contribution in [-0.4, -0.2) is 31.5 Å². The van der Waals surface area contributed by atoms with Crippen LogP contribution in [0.25, 0.3) is 0 Å². The molecule has 0 fully saturated rings. The van der Waals surface area contributed by atoms with Crippen LogP contribution < -0.4 is 0 Å². The normalized spacial score (nSPS) is 13.2. The summed E-state index contributed by atoms with van der Waals surface area (Å²) in [5, 5.41) is 8.21. The van der Waals surface area contributed by atoms with Crippen LogP contribution in [0.4, 0.5) is 0 Å². The SMILES string of the molecule is CC(C)=CCC1=C(OCc2cn(Cc3ccccn3)nn2)C(=O)c2ccccc2C1=O. The number of nitrogens with zero attached hydrogens (tertiary/aromatic N) is 4. The third-order valence-electron chi connectivity index (χ3n) is 4.89. The van der Waals surface area contributed by atoms with Gasteiger partial charge in [0, 0.05) is 17.3 Å².